The molecule has 4 unspecified atom stereocenters. The van der Waals surface area contributed by atoms with Crippen LogP contribution in [0.1, 0.15) is 27.7 Å². The first-order valence-corrected chi connectivity index (χ1v) is 5.09. The number of quaternary nitrogens is 1. The first kappa shape index (κ1) is 11.0. The van der Waals surface area contributed by atoms with E-state index in [4.69, 9.17) is 0 Å². The molecule has 1 saturated heterocycles. The van der Waals surface area contributed by atoms with Gasteiger partial charge in [0, 0.05) is 0 Å². The molecule has 0 aromatic rings. The summed E-state index contributed by atoms with van der Waals surface area (Å²) in [6.07, 6.45) is 0. The van der Waals surface area contributed by atoms with Crippen molar-refractivity contribution in [1.29, 1.82) is 0 Å². The third-order valence-corrected chi connectivity index (χ3v) is 4.30. The van der Waals surface area contributed by atoms with Crippen molar-refractivity contribution in [3.8, 4) is 0 Å². The second-order valence-electron chi connectivity index (χ2n) is 4.69. The molecule has 0 aliphatic carbocycles. The minimum atomic E-state index is -0.104. The van der Waals surface area contributed by atoms with Gasteiger partial charge in [0.25, 0.3) is 0 Å². The van der Waals surface area contributed by atoms with Gasteiger partial charge in [0.1, 0.15) is 12.1 Å². The van der Waals surface area contributed by atoms with Gasteiger partial charge in [-0.3, -0.25) is 4.90 Å². The van der Waals surface area contributed by atoms with Gasteiger partial charge in [-0.15, -0.1) is 0 Å². The molecule has 1 heterocycles. The minimum absolute atomic E-state index is 0.104. The highest BCUT2D eigenvalue weighted by molar-refractivity contribution is 4.86. The average Bonchev–Trinajstić information content (AvgIpc) is 2.09. The lowest BCUT2D eigenvalue weighted by Gasteiger charge is -2.59. The number of nitrogens with zero attached hydrogens (tertiary/aromatic N) is 2. The molecular formula is C10H22N2O. The third-order valence-electron chi connectivity index (χ3n) is 4.30. The average molecular weight is 186 g/mol. The summed E-state index contributed by atoms with van der Waals surface area (Å²) in [4.78, 5) is 2.31. The quantitative estimate of drug-likeness (QED) is 0.422. The molecule has 4 atom stereocenters. The van der Waals surface area contributed by atoms with Crippen LogP contribution in [0.25, 0.3) is 0 Å². The predicted molar refractivity (Wildman–Crippen MR) is 55.2 cm³/mol. The van der Waals surface area contributed by atoms with Crippen LogP contribution < -0.4 is 0 Å². The highest BCUT2D eigenvalue weighted by atomic mass is 16.5. The highest BCUT2D eigenvalue weighted by Crippen LogP contribution is 2.29. The Morgan fingerprint density at radius 2 is 1.31 bits per heavy atom. The third kappa shape index (κ3) is 1.49. The molecule has 0 aromatic heterocycles. The smallest absolute Gasteiger partial charge is 0.101 e. The molecule has 0 spiro atoms. The Morgan fingerprint density at radius 3 is 1.62 bits per heavy atom. The van der Waals surface area contributed by atoms with Crippen molar-refractivity contribution in [3.05, 3.63) is 5.21 Å². The SMILES string of the molecule is CC1C(C)[N+](C)([O-])C(C)C(C)N1C. The maximum absolute atomic E-state index is 12.3. The van der Waals surface area contributed by atoms with Crippen molar-refractivity contribution in [3.63, 3.8) is 0 Å². The molecule has 3 nitrogen and oxygen atoms in total. The van der Waals surface area contributed by atoms with Gasteiger partial charge < -0.3 is 9.85 Å². The van der Waals surface area contributed by atoms with Crippen molar-refractivity contribution >= 4 is 0 Å². The number of likely N-dealkylation sites (N-methyl/N-ethyl adjacent to an activating group) is 2. The second kappa shape index (κ2) is 3.23. The van der Waals surface area contributed by atoms with Crippen LogP contribution >= 0.6 is 0 Å². The molecule has 1 aliphatic heterocycles. The van der Waals surface area contributed by atoms with E-state index in [2.05, 4.69) is 39.6 Å². The molecule has 1 rings (SSSR count). The lowest BCUT2D eigenvalue weighted by molar-refractivity contribution is -0.918. The van der Waals surface area contributed by atoms with E-state index in [-0.39, 0.29) is 16.7 Å². The predicted octanol–water partition coefficient (Wildman–Crippen LogP) is 1.43. The fourth-order valence-electron chi connectivity index (χ4n) is 2.28. The van der Waals surface area contributed by atoms with E-state index >= 15 is 0 Å². The standard InChI is InChI=1S/C10H22N2O/c1-7-9(3)12(6,13)10(4)8(2)11(7)5/h7-10H,1-6H3. The maximum Gasteiger partial charge on any atom is 0.101 e. The molecule has 0 N–H and O–H groups in total. The zero-order valence-electron chi connectivity index (χ0n) is 9.61. The van der Waals surface area contributed by atoms with Crippen LogP contribution in [0.5, 0.6) is 0 Å². The van der Waals surface area contributed by atoms with Gasteiger partial charge >= 0.3 is 0 Å². The van der Waals surface area contributed by atoms with E-state index in [0.717, 1.165) is 0 Å². The summed E-state index contributed by atoms with van der Waals surface area (Å²) < 4.78 is -0.104. The van der Waals surface area contributed by atoms with E-state index in [1.54, 1.807) is 7.05 Å². The maximum atomic E-state index is 12.3. The molecule has 0 aromatic carbocycles. The van der Waals surface area contributed by atoms with Crippen LogP contribution in [-0.2, 0) is 0 Å². The molecule has 0 bridgehead atoms. The molecule has 13 heavy (non-hydrogen) atoms. The molecule has 78 valence electrons. The van der Waals surface area contributed by atoms with Crippen LogP contribution in [0, 0.1) is 5.21 Å². The lowest BCUT2D eigenvalue weighted by atomic mass is 9.95. The van der Waals surface area contributed by atoms with E-state index in [9.17, 15) is 5.21 Å². The summed E-state index contributed by atoms with van der Waals surface area (Å²) in [5.74, 6) is 0. The molecule has 0 radical (unpaired) electrons. The monoisotopic (exact) mass is 186 g/mol. The van der Waals surface area contributed by atoms with Gasteiger partial charge in [-0.25, -0.2) is 0 Å². The van der Waals surface area contributed by atoms with Crippen molar-refractivity contribution < 1.29 is 4.65 Å². The normalized spacial score (nSPS) is 53.8. The summed E-state index contributed by atoms with van der Waals surface area (Å²) in [7, 11) is 3.91. The first-order chi connectivity index (χ1) is 5.80. The number of rotatable bonds is 0. The molecule has 1 fully saturated rings. The summed E-state index contributed by atoms with van der Waals surface area (Å²) >= 11 is 0. The Bertz CT molecular complexity index is 175. The Kier molecular flexibility index (Phi) is 2.72. The Balaban J connectivity index is 2.93. The summed E-state index contributed by atoms with van der Waals surface area (Å²) in [5, 5.41) is 12.3. The van der Waals surface area contributed by atoms with Crippen LogP contribution in [0.15, 0.2) is 0 Å². The Hall–Kier alpha value is -0.120. The zero-order valence-corrected chi connectivity index (χ0v) is 9.61. The number of hydrogen-bond acceptors (Lipinski definition) is 2. The summed E-state index contributed by atoms with van der Waals surface area (Å²) in [5.41, 5.74) is 0. The number of hydroxylamine groups is 3. The van der Waals surface area contributed by atoms with Crippen molar-refractivity contribution in [2.75, 3.05) is 14.1 Å². The molecule has 1 aliphatic rings. The van der Waals surface area contributed by atoms with E-state index in [1.807, 2.05) is 0 Å². The van der Waals surface area contributed by atoms with Gasteiger partial charge in [-0.1, -0.05) is 0 Å². The molecular weight excluding hydrogens is 164 g/mol. The number of piperazine rings is 1. The largest absolute Gasteiger partial charge is 0.633 e. The van der Waals surface area contributed by atoms with Gasteiger partial charge in [-0.05, 0) is 34.7 Å². The topological polar surface area (TPSA) is 26.3 Å². The minimum Gasteiger partial charge on any atom is -0.633 e. The molecule has 0 saturated carbocycles. The summed E-state index contributed by atoms with van der Waals surface area (Å²) in [6.45, 7) is 8.38. The first-order valence-electron chi connectivity index (χ1n) is 5.09. The van der Waals surface area contributed by atoms with E-state index in [1.165, 1.54) is 0 Å². The molecule has 0 amide bonds. The van der Waals surface area contributed by atoms with E-state index < -0.39 is 0 Å². The van der Waals surface area contributed by atoms with Gasteiger partial charge in [0.15, 0.2) is 0 Å². The highest BCUT2D eigenvalue weighted by Gasteiger charge is 2.43. The fraction of sp³-hybridized carbons (Fsp3) is 1.00. The van der Waals surface area contributed by atoms with Crippen molar-refractivity contribution in [2.45, 2.75) is 51.9 Å². The fourth-order valence-corrected chi connectivity index (χ4v) is 2.28. The van der Waals surface area contributed by atoms with Gasteiger partial charge in [-0.2, -0.15) is 0 Å². The Labute approximate surface area is 81.5 Å². The second-order valence-corrected chi connectivity index (χ2v) is 4.69. The van der Waals surface area contributed by atoms with Crippen LogP contribution in [0.4, 0.5) is 0 Å². The lowest BCUT2D eigenvalue weighted by Crippen LogP contribution is -2.70. The van der Waals surface area contributed by atoms with Crippen LogP contribution in [-0.4, -0.2) is 47.8 Å². The van der Waals surface area contributed by atoms with E-state index in [0.29, 0.717) is 12.1 Å². The van der Waals surface area contributed by atoms with Crippen LogP contribution in [0.3, 0.4) is 0 Å². The molecule has 3 heteroatoms. The zero-order chi connectivity index (χ0) is 10.4. The van der Waals surface area contributed by atoms with Crippen LogP contribution in [0.2, 0.25) is 0 Å². The van der Waals surface area contributed by atoms with Gasteiger partial charge in [0.2, 0.25) is 0 Å². The van der Waals surface area contributed by atoms with Crippen molar-refractivity contribution in [2.24, 2.45) is 0 Å². The summed E-state index contributed by atoms with van der Waals surface area (Å²) in [6, 6.07) is 1.06. The van der Waals surface area contributed by atoms with Crippen molar-refractivity contribution in [1.82, 2.24) is 4.90 Å². The van der Waals surface area contributed by atoms with Gasteiger partial charge in [0.05, 0.1) is 19.1 Å². The Morgan fingerprint density at radius 1 is 1.00 bits per heavy atom. The number of hydrogen-bond donors (Lipinski definition) is 0.